The summed E-state index contributed by atoms with van der Waals surface area (Å²) in [6.07, 6.45) is 7.67. The molecule has 1 aromatic carbocycles. The summed E-state index contributed by atoms with van der Waals surface area (Å²) in [6.45, 7) is 2.20. The first-order valence-electron chi connectivity index (χ1n) is 8.68. The molecule has 1 aromatic rings. The van der Waals surface area contributed by atoms with Crippen LogP contribution in [0, 0.1) is 22.0 Å². The second-order valence-corrected chi connectivity index (χ2v) is 6.49. The van der Waals surface area contributed by atoms with Gasteiger partial charge in [-0.25, -0.2) is 0 Å². The third kappa shape index (κ3) is 4.69. The summed E-state index contributed by atoms with van der Waals surface area (Å²) in [5.41, 5.74) is 0.305. The fourth-order valence-corrected chi connectivity index (χ4v) is 3.35. The molecule has 132 valence electrons. The van der Waals surface area contributed by atoms with Crippen molar-refractivity contribution in [1.82, 2.24) is 0 Å². The number of non-ortho nitro benzene ring substituents is 1. The van der Waals surface area contributed by atoms with Gasteiger partial charge in [0.25, 0.3) is 5.69 Å². The van der Waals surface area contributed by atoms with E-state index in [1.165, 1.54) is 44.6 Å². The van der Waals surface area contributed by atoms with Gasteiger partial charge in [0.1, 0.15) is 5.75 Å². The van der Waals surface area contributed by atoms with E-state index in [-0.39, 0.29) is 17.5 Å². The summed E-state index contributed by atoms with van der Waals surface area (Å²) < 4.78 is 5.19. The van der Waals surface area contributed by atoms with Crippen LogP contribution in [0.1, 0.15) is 51.9 Å². The van der Waals surface area contributed by atoms with Gasteiger partial charge < -0.3 is 10.1 Å². The molecule has 0 unspecified atom stereocenters. The minimum absolute atomic E-state index is 0.0214. The Morgan fingerprint density at radius 3 is 2.62 bits per heavy atom. The van der Waals surface area contributed by atoms with Crippen molar-refractivity contribution in [2.45, 2.75) is 51.9 Å². The van der Waals surface area contributed by atoms with Crippen molar-refractivity contribution in [3.8, 4) is 5.75 Å². The van der Waals surface area contributed by atoms with Gasteiger partial charge in [-0.05, 0) is 37.7 Å². The summed E-state index contributed by atoms with van der Waals surface area (Å²) in [6, 6.07) is 4.23. The number of benzene rings is 1. The van der Waals surface area contributed by atoms with Crippen LogP contribution in [0.5, 0.6) is 5.75 Å². The molecule has 2 rings (SSSR count). The summed E-state index contributed by atoms with van der Waals surface area (Å²) in [5.74, 6) is 1.08. The first-order chi connectivity index (χ1) is 11.5. The predicted octanol–water partition coefficient (Wildman–Crippen LogP) is 4.54. The lowest BCUT2D eigenvalue weighted by molar-refractivity contribution is -0.384. The minimum Gasteiger partial charge on any atom is -0.495 e. The lowest BCUT2D eigenvalue weighted by Crippen LogP contribution is -2.27. The summed E-state index contributed by atoms with van der Waals surface area (Å²) >= 11 is 0. The summed E-state index contributed by atoms with van der Waals surface area (Å²) in [4.78, 5) is 22.9. The van der Waals surface area contributed by atoms with E-state index in [0.29, 0.717) is 11.4 Å². The molecule has 0 radical (unpaired) electrons. The maximum atomic E-state index is 12.5. The van der Waals surface area contributed by atoms with Crippen LogP contribution in [0.4, 0.5) is 11.4 Å². The fourth-order valence-electron chi connectivity index (χ4n) is 3.35. The van der Waals surface area contributed by atoms with Crippen LogP contribution in [0.2, 0.25) is 0 Å². The lowest BCUT2D eigenvalue weighted by atomic mass is 9.79. The highest BCUT2D eigenvalue weighted by Gasteiger charge is 2.27. The number of anilines is 1. The van der Waals surface area contributed by atoms with E-state index in [1.54, 1.807) is 0 Å². The molecule has 1 aliphatic carbocycles. The van der Waals surface area contributed by atoms with E-state index in [1.807, 2.05) is 0 Å². The third-order valence-electron chi connectivity index (χ3n) is 4.84. The van der Waals surface area contributed by atoms with E-state index in [9.17, 15) is 14.9 Å². The van der Waals surface area contributed by atoms with Gasteiger partial charge in [-0.15, -0.1) is 0 Å². The number of hydrogen-bond donors (Lipinski definition) is 1. The zero-order valence-electron chi connectivity index (χ0n) is 14.4. The first-order valence-corrected chi connectivity index (χ1v) is 8.68. The highest BCUT2D eigenvalue weighted by Crippen LogP contribution is 2.34. The van der Waals surface area contributed by atoms with Gasteiger partial charge >= 0.3 is 0 Å². The second kappa shape index (κ2) is 8.66. The van der Waals surface area contributed by atoms with Crippen molar-refractivity contribution in [3.05, 3.63) is 28.3 Å². The number of ether oxygens (including phenoxy) is 1. The van der Waals surface area contributed by atoms with Crippen LogP contribution in [-0.2, 0) is 4.79 Å². The lowest BCUT2D eigenvalue weighted by Gasteiger charge is -2.27. The van der Waals surface area contributed by atoms with Crippen molar-refractivity contribution in [1.29, 1.82) is 0 Å². The van der Waals surface area contributed by atoms with Crippen molar-refractivity contribution in [2.75, 3.05) is 12.4 Å². The average molecular weight is 334 g/mol. The predicted molar refractivity (Wildman–Crippen MR) is 93.3 cm³/mol. The number of nitro benzene ring substituents is 1. The number of methoxy groups -OCH3 is 1. The molecule has 0 saturated heterocycles. The smallest absolute Gasteiger partial charge is 0.271 e. The molecule has 0 heterocycles. The van der Waals surface area contributed by atoms with E-state index >= 15 is 0 Å². The Balaban J connectivity index is 1.97. The van der Waals surface area contributed by atoms with Crippen molar-refractivity contribution >= 4 is 17.3 Å². The van der Waals surface area contributed by atoms with Gasteiger partial charge in [0.05, 0.1) is 17.7 Å². The maximum absolute atomic E-state index is 12.5. The normalized spacial score (nSPS) is 20.4. The topological polar surface area (TPSA) is 81.5 Å². The Kier molecular flexibility index (Phi) is 6.58. The molecule has 0 atom stereocenters. The van der Waals surface area contributed by atoms with Crippen LogP contribution < -0.4 is 10.1 Å². The number of carbonyl (C=O) groups excluding carboxylic acids is 1. The fraction of sp³-hybridized carbons (Fsp3) is 0.611. The molecule has 0 bridgehead atoms. The van der Waals surface area contributed by atoms with Crippen molar-refractivity contribution in [3.63, 3.8) is 0 Å². The molecule has 1 saturated carbocycles. The van der Waals surface area contributed by atoms with Crippen LogP contribution in [0.25, 0.3) is 0 Å². The first kappa shape index (κ1) is 18.2. The quantitative estimate of drug-likeness (QED) is 0.586. The zero-order chi connectivity index (χ0) is 17.5. The number of amides is 1. The summed E-state index contributed by atoms with van der Waals surface area (Å²) in [5, 5.41) is 13.7. The number of hydrogen-bond acceptors (Lipinski definition) is 4. The maximum Gasteiger partial charge on any atom is 0.271 e. The molecule has 1 N–H and O–H groups in total. The molecular weight excluding hydrogens is 308 g/mol. The standard InChI is InChI=1S/C18H26N2O4/c1-3-4-5-13-6-8-14(9-7-13)18(21)19-16-12-15(20(22)23)10-11-17(16)24-2/h10-14H,3-9H2,1-2H3,(H,19,21). The Morgan fingerprint density at radius 2 is 2.04 bits per heavy atom. The number of nitrogens with one attached hydrogen (secondary N) is 1. The van der Waals surface area contributed by atoms with Crippen LogP contribution in [0.15, 0.2) is 18.2 Å². The number of carbonyl (C=O) groups is 1. The monoisotopic (exact) mass is 334 g/mol. The molecule has 6 heteroatoms. The van der Waals surface area contributed by atoms with Gasteiger partial charge in [-0.3, -0.25) is 14.9 Å². The average Bonchev–Trinajstić information content (AvgIpc) is 2.60. The molecule has 6 nitrogen and oxygen atoms in total. The number of rotatable bonds is 7. The Hall–Kier alpha value is -2.11. The van der Waals surface area contributed by atoms with Gasteiger partial charge in [-0.2, -0.15) is 0 Å². The minimum atomic E-state index is -0.478. The molecule has 24 heavy (non-hydrogen) atoms. The van der Waals surface area contributed by atoms with E-state index in [4.69, 9.17) is 4.74 Å². The van der Waals surface area contributed by atoms with Gasteiger partial charge in [0.2, 0.25) is 5.91 Å². The summed E-state index contributed by atoms with van der Waals surface area (Å²) in [7, 11) is 1.48. The Morgan fingerprint density at radius 1 is 1.33 bits per heavy atom. The number of unbranched alkanes of at least 4 members (excludes halogenated alkanes) is 1. The molecule has 1 amide bonds. The van der Waals surface area contributed by atoms with Crippen LogP contribution >= 0.6 is 0 Å². The van der Waals surface area contributed by atoms with E-state index in [0.717, 1.165) is 31.6 Å². The van der Waals surface area contributed by atoms with Gasteiger partial charge in [-0.1, -0.05) is 26.2 Å². The van der Waals surface area contributed by atoms with Crippen LogP contribution in [-0.4, -0.2) is 17.9 Å². The largest absolute Gasteiger partial charge is 0.495 e. The number of nitrogens with zero attached hydrogens (tertiary/aromatic N) is 1. The molecule has 0 aliphatic heterocycles. The number of nitro groups is 1. The van der Waals surface area contributed by atoms with E-state index < -0.39 is 4.92 Å². The van der Waals surface area contributed by atoms with Crippen molar-refractivity contribution in [2.24, 2.45) is 11.8 Å². The van der Waals surface area contributed by atoms with Gasteiger partial charge in [0, 0.05) is 18.1 Å². The Bertz CT molecular complexity index is 580. The second-order valence-electron chi connectivity index (χ2n) is 6.49. The highest BCUT2D eigenvalue weighted by atomic mass is 16.6. The Labute approximate surface area is 142 Å². The molecular formula is C18H26N2O4. The highest BCUT2D eigenvalue weighted by molar-refractivity contribution is 5.94. The zero-order valence-corrected chi connectivity index (χ0v) is 14.4. The molecule has 0 aromatic heterocycles. The SMILES string of the molecule is CCCCC1CCC(C(=O)Nc2cc([N+](=O)[O-])ccc2OC)CC1. The van der Waals surface area contributed by atoms with Crippen molar-refractivity contribution < 1.29 is 14.5 Å². The van der Waals surface area contributed by atoms with Crippen LogP contribution in [0.3, 0.4) is 0 Å². The van der Waals surface area contributed by atoms with Gasteiger partial charge in [0.15, 0.2) is 0 Å². The molecule has 1 fully saturated rings. The third-order valence-corrected chi connectivity index (χ3v) is 4.84. The molecule has 0 spiro atoms. The molecule has 1 aliphatic rings. The van der Waals surface area contributed by atoms with E-state index in [2.05, 4.69) is 12.2 Å².